The molecule has 140 valence electrons. The number of amides is 2. The van der Waals surface area contributed by atoms with Crippen LogP contribution in [0.5, 0.6) is 5.75 Å². The fourth-order valence-corrected chi connectivity index (χ4v) is 3.77. The zero-order valence-corrected chi connectivity index (χ0v) is 16.2. The molecule has 1 aliphatic rings. The number of ether oxygens (including phenoxy) is 1. The Kier molecular flexibility index (Phi) is 6.61. The summed E-state index contributed by atoms with van der Waals surface area (Å²) in [6, 6.07) is 10.9. The van der Waals surface area contributed by atoms with Crippen molar-refractivity contribution >= 4 is 52.0 Å². The van der Waals surface area contributed by atoms with Gasteiger partial charge in [0.25, 0.3) is 0 Å². The van der Waals surface area contributed by atoms with Crippen molar-refractivity contribution in [2.24, 2.45) is 10.2 Å². The molecule has 2 N–H and O–H groups in total. The number of carbonyl (C=O) groups is 2. The average molecular weight is 403 g/mol. The monoisotopic (exact) mass is 402 g/mol. The first-order valence-electron chi connectivity index (χ1n) is 8.29. The van der Waals surface area contributed by atoms with Gasteiger partial charge in [-0.05, 0) is 42.6 Å². The quantitative estimate of drug-likeness (QED) is 0.550. The first kappa shape index (κ1) is 19.1. The molecule has 9 heteroatoms. The average Bonchev–Trinajstić information content (AvgIpc) is 3.27. The number of rotatable bonds is 7. The number of hydrogen-bond donors (Lipinski definition) is 2. The number of hydrogen-bond acceptors (Lipinski definition) is 7. The zero-order valence-electron chi connectivity index (χ0n) is 14.5. The number of nitrogens with one attached hydrogen (secondary N) is 2. The van der Waals surface area contributed by atoms with E-state index in [0.717, 1.165) is 10.6 Å². The maximum absolute atomic E-state index is 12.2. The normalized spacial score (nSPS) is 18.0. The van der Waals surface area contributed by atoms with Crippen molar-refractivity contribution in [1.82, 2.24) is 5.32 Å². The molecular weight excluding hydrogens is 384 g/mol. The summed E-state index contributed by atoms with van der Waals surface area (Å²) in [6.07, 6.45) is 1.67. The van der Waals surface area contributed by atoms with Crippen LogP contribution in [0.4, 0.5) is 5.69 Å². The molecule has 1 atom stereocenters. The van der Waals surface area contributed by atoms with Crippen molar-refractivity contribution in [2.75, 3.05) is 11.9 Å². The van der Waals surface area contributed by atoms with Gasteiger partial charge in [0.15, 0.2) is 5.17 Å². The number of benzene rings is 1. The minimum atomic E-state index is -0.525. The highest BCUT2D eigenvalue weighted by molar-refractivity contribution is 8.15. The van der Waals surface area contributed by atoms with Crippen LogP contribution in [0.3, 0.4) is 0 Å². The largest absolute Gasteiger partial charge is 0.494 e. The predicted octanol–water partition coefficient (Wildman–Crippen LogP) is 3.10. The van der Waals surface area contributed by atoms with Gasteiger partial charge in [0.05, 0.1) is 12.8 Å². The first-order chi connectivity index (χ1) is 13.1. The Labute approximate surface area is 164 Å². The third-order valence-corrected chi connectivity index (χ3v) is 5.35. The van der Waals surface area contributed by atoms with E-state index in [1.165, 1.54) is 11.8 Å². The molecule has 1 fully saturated rings. The summed E-state index contributed by atoms with van der Waals surface area (Å²) in [4.78, 5) is 25.2. The second kappa shape index (κ2) is 9.33. The van der Waals surface area contributed by atoms with E-state index in [0.29, 0.717) is 17.5 Å². The molecule has 2 heterocycles. The molecule has 1 aromatic carbocycles. The van der Waals surface area contributed by atoms with Gasteiger partial charge in [0.2, 0.25) is 11.8 Å². The Morgan fingerprint density at radius 3 is 2.85 bits per heavy atom. The van der Waals surface area contributed by atoms with Gasteiger partial charge in [-0.15, -0.1) is 16.4 Å². The number of amidine groups is 1. The van der Waals surface area contributed by atoms with Gasteiger partial charge in [-0.1, -0.05) is 17.8 Å². The van der Waals surface area contributed by atoms with Crippen molar-refractivity contribution in [1.29, 1.82) is 0 Å². The SMILES string of the molecule is CCOc1ccc(NC(=O)C[C@@H]2S/C(=N/N=C/c3cccs3)NC2=O)cc1. The Bertz CT molecular complexity index is 848. The fraction of sp³-hybridized carbons (Fsp3) is 0.222. The molecule has 0 bridgehead atoms. The molecule has 1 aliphatic heterocycles. The van der Waals surface area contributed by atoms with Crippen LogP contribution in [0.25, 0.3) is 0 Å². The fourth-order valence-electron chi connectivity index (χ4n) is 2.27. The lowest BCUT2D eigenvalue weighted by Crippen LogP contribution is -2.28. The summed E-state index contributed by atoms with van der Waals surface area (Å²) < 4.78 is 5.36. The van der Waals surface area contributed by atoms with E-state index in [-0.39, 0.29) is 18.2 Å². The Balaban J connectivity index is 1.51. The zero-order chi connectivity index (χ0) is 19.1. The molecule has 27 heavy (non-hydrogen) atoms. The van der Waals surface area contributed by atoms with Gasteiger partial charge in [-0.3, -0.25) is 9.59 Å². The molecule has 0 unspecified atom stereocenters. The number of thioether (sulfide) groups is 1. The second-order valence-electron chi connectivity index (χ2n) is 5.47. The van der Waals surface area contributed by atoms with E-state index < -0.39 is 5.25 Å². The molecule has 0 radical (unpaired) electrons. The minimum absolute atomic E-state index is 0.0529. The van der Waals surface area contributed by atoms with Gasteiger partial charge >= 0.3 is 0 Å². The van der Waals surface area contributed by atoms with E-state index in [4.69, 9.17) is 4.74 Å². The standard InChI is InChI=1S/C18H18N4O3S2/c1-2-25-13-7-5-12(6-8-13)20-16(23)10-15-17(24)21-18(27-15)22-19-11-14-4-3-9-26-14/h3-9,11,15H,2,10H2,1H3,(H,20,23)(H,21,22,24)/b19-11+/t15-/m0/s1. The summed E-state index contributed by atoms with van der Waals surface area (Å²) >= 11 is 2.75. The molecule has 1 saturated heterocycles. The van der Waals surface area contributed by atoms with E-state index in [9.17, 15) is 9.59 Å². The molecule has 1 aromatic heterocycles. The van der Waals surface area contributed by atoms with Crippen LogP contribution in [0.1, 0.15) is 18.2 Å². The van der Waals surface area contributed by atoms with Crippen LogP contribution in [0.15, 0.2) is 52.0 Å². The maximum atomic E-state index is 12.2. The van der Waals surface area contributed by atoms with Crippen LogP contribution >= 0.6 is 23.1 Å². The highest BCUT2D eigenvalue weighted by atomic mass is 32.2. The molecule has 7 nitrogen and oxygen atoms in total. The molecule has 2 aromatic rings. The Morgan fingerprint density at radius 1 is 1.33 bits per heavy atom. The lowest BCUT2D eigenvalue weighted by molar-refractivity contribution is -0.122. The Morgan fingerprint density at radius 2 is 2.15 bits per heavy atom. The summed E-state index contributed by atoms with van der Waals surface area (Å²) in [5.41, 5.74) is 0.654. The summed E-state index contributed by atoms with van der Waals surface area (Å²) in [5, 5.41) is 15.2. The summed E-state index contributed by atoms with van der Waals surface area (Å²) in [5.74, 6) is 0.257. The van der Waals surface area contributed by atoms with Crippen LogP contribution in [-0.2, 0) is 9.59 Å². The van der Waals surface area contributed by atoms with E-state index in [1.807, 2.05) is 24.4 Å². The van der Waals surface area contributed by atoms with Crippen LogP contribution in [0.2, 0.25) is 0 Å². The van der Waals surface area contributed by atoms with Gasteiger partial charge in [-0.25, -0.2) is 0 Å². The lowest BCUT2D eigenvalue weighted by atomic mass is 10.2. The van der Waals surface area contributed by atoms with Crippen molar-refractivity contribution < 1.29 is 14.3 Å². The first-order valence-corrected chi connectivity index (χ1v) is 10.0. The lowest BCUT2D eigenvalue weighted by Gasteiger charge is -2.08. The van der Waals surface area contributed by atoms with Gasteiger partial charge in [-0.2, -0.15) is 5.10 Å². The number of carbonyl (C=O) groups excluding carboxylic acids is 2. The topological polar surface area (TPSA) is 92.2 Å². The number of nitrogens with zero attached hydrogens (tertiary/aromatic N) is 2. The second-order valence-corrected chi connectivity index (χ2v) is 7.64. The van der Waals surface area contributed by atoms with E-state index in [1.54, 1.807) is 41.8 Å². The highest BCUT2D eigenvalue weighted by Crippen LogP contribution is 2.23. The van der Waals surface area contributed by atoms with E-state index in [2.05, 4.69) is 20.8 Å². The molecule has 2 amide bonds. The Hall–Kier alpha value is -2.65. The predicted molar refractivity (Wildman–Crippen MR) is 110 cm³/mol. The van der Waals surface area contributed by atoms with Crippen LogP contribution in [0, 0.1) is 0 Å². The third kappa shape index (κ3) is 5.66. The highest BCUT2D eigenvalue weighted by Gasteiger charge is 2.32. The number of anilines is 1. The van der Waals surface area contributed by atoms with Crippen molar-refractivity contribution in [3.63, 3.8) is 0 Å². The molecule has 0 aliphatic carbocycles. The molecular formula is C18H18N4O3S2. The number of thiophene rings is 1. The summed E-state index contributed by atoms with van der Waals surface area (Å²) in [7, 11) is 0. The van der Waals surface area contributed by atoms with Crippen LogP contribution in [-0.4, -0.2) is 35.1 Å². The van der Waals surface area contributed by atoms with Gasteiger partial charge in [0.1, 0.15) is 11.0 Å². The summed E-state index contributed by atoms with van der Waals surface area (Å²) in [6.45, 7) is 2.49. The van der Waals surface area contributed by atoms with Gasteiger partial charge < -0.3 is 15.4 Å². The maximum Gasteiger partial charge on any atom is 0.240 e. The van der Waals surface area contributed by atoms with E-state index >= 15 is 0 Å². The minimum Gasteiger partial charge on any atom is -0.494 e. The molecule has 0 saturated carbocycles. The van der Waals surface area contributed by atoms with Crippen LogP contribution < -0.4 is 15.4 Å². The van der Waals surface area contributed by atoms with Crippen molar-refractivity contribution in [3.05, 3.63) is 46.7 Å². The smallest absolute Gasteiger partial charge is 0.240 e. The van der Waals surface area contributed by atoms with Crippen molar-refractivity contribution in [3.8, 4) is 5.75 Å². The van der Waals surface area contributed by atoms with Gasteiger partial charge in [0, 0.05) is 17.0 Å². The molecule has 0 spiro atoms. The van der Waals surface area contributed by atoms with Crippen molar-refractivity contribution in [2.45, 2.75) is 18.6 Å². The molecule has 3 rings (SSSR count). The third-order valence-electron chi connectivity index (χ3n) is 3.47.